The lowest BCUT2D eigenvalue weighted by Gasteiger charge is -2.13. The molecule has 11 heteroatoms. The molecule has 0 aliphatic rings. The molecule has 0 heterocycles. The van der Waals surface area contributed by atoms with E-state index in [-0.39, 0.29) is 18.5 Å². The molecule has 0 bridgehead atoms. The van der Waals surface area contributed by atoms with Crippen molar-refractivity contribution in [2.75, 3.05) is 30.9 Å². The monoisotopic (exact) mass is 375 g/mol. The van der Waals surface area contributed by atoms with Gasteiger partial charge in [-0.05, 0) is 24.3 Å². The van der Waals surface area contributed by atoms with Crippen molar-refractivity contribution >= 4 is 28.4 Å². The van der Waals surface area contributed by atoms with Gasteiger partial charge in [0.1, 0.15) is 5.56 Å². The first kappa shape index (κ1) is 19.6. The highest BCUT2D eigenvalue weighted by atomic mass is 16.6. The molecule has 0 amide bonds. The molecule has 0 saturated carbocycles. The van der Waals surface area contributed by atoms with Crippen LogP contribution >= 0.6 is 0 Å². The van der Waals surface area contributed by atoms with Crippen LogP contribution in [0, 0.1) is 30.3 Å². The fraction of sp³-hybridized carbons (Fsp3) is 0.250. The maximum Gasteiger partial charge on any atom is 0.286 e. The molecular weight excluding hydrogens is 358 g/mol. The summed E-state index contributed by atoms with van der Waals surface area (Å²) in [5, 5.41) is 36.4. The average molecular weight is 375 g/mol. The molecule has 0 saturated heterocycles. The third-order valence-corrected chi connectivity index (χ3v) is 3.88. The van der Waals surface area contributed by atoms with Crippen molar-refractivity contribution in [1.29, 1.82) is 0 Å². The van der Waals surface area contributed by atoms with Gasteiger partial charge in [-0.15, -0.1) is 0 Å². The second-order valence-corrected chi connectivity index (χ2v) is 5.85. The normalized spacial score (nSPS) is 10.3. The van der Waals surface area contributed by atoms with Crippen LogP contribution in [0.25, 0.3) is 0 Å². The number of non-ortho nitro benzene ring substituents is 1. The fourth-order valence-electron chi connectivity index (χ4n) is 2.52. The van der Waals surface area contributed by atoms with Crippen molar-refractivity contribution in [1.82, 2.24) is 0 Å². The maximum atomic E-state index is 11.2. The number of nitro benzene ring substituents is 3. The molecule has 0 aliphatic carbocycles. The Morgan fingerprint density at radius 1 is 0.889 bits per heavy atom. The minimum absolute atomic E-state index is 0.0416. The molecule has 27 heavy (non-hydrogen) atoms. The number of hydrogen-bond donors (Lipinski definition) is 1. The Bertz CT molecular complexity index is 846. The van der Waals surface area contributed by atoms with Crippen LogP contribution in [0.15, 0.2) is 36.4 Å². The zero-order chi connectivity index (χ0) is 20.1. The van der Waals surface area contributed by atoms with Crippen LogP contribution < -0.4 is 10.2 Å². The zero-order valence-corrected chi connectivity index (χ0v) is 14.6. The van der Waals surface area contributed by atoms with E-state index in [1.807, 2.05) is 43.3 Å². The first-order valence-electron chi connectivity index (χ1n) is 7.82. The van der Waals surface area contributed by atoms with Gasteiger partial charge in [0.2, 0.25) is 0 Å². The van der Waals surface area contributed by atoms with Gasteiger partial charge in [0.05, 0.1) is 26.9 Å². The average Bonchev–Trinajstić information content (AvgIpc) is 2.61. The molecule has 0 unspecified atom stereocenters. The molecule has 0 radical (unpaired) electrons. The molecule has 2 aromatic rings. The summed E-state index contributed by atoms with van der Waals surface area (Å²) in [5.74, 6) is 0. The molecule has 0 atom stereocenters. The topological polar surface area (TPSA) is 145 Å². The highest BCUT2D eigenvalue weighted by Crippen LogP contribution is 2.34. The standard InChI is InChI=1S/C16H17N5O6/c1-18(2)12-5-3-11(4-6-12)17-8-7-14-15(20(24)25)9-13(19(22)23)10-16(14)21(26)27/h3-6,9-10,17H,7-8H2,1-2H3. The van der Waals surface area contributed by atoms with E-state index in [0.29, 0.717) is 0 Å². The highest BCUT2D eigenvalue weighted by Gasteiger charge is 2.29. The van der Waals surface area contributed by atoms with E-state index in [9.17, 15) is 30.3 Å². The molecular formula is C16H17N5O6. The number of anilines is 2. The predicted octanol–water partition coefficient (Wildman–Crippen LogP) is 3.13. The smallest absolute Gasteiger partial charge is 0.286 e. The molecule has 142 valence electrons. The SMILES string of the molecule is CN(C)c1ccc(NCCc2c([N+](=O)[O-])cc([N+](=O)[O-])cc2[N+](=O)[O-])cc1. The van der Waals surface area contributed by atoms with Gasteiger partial charge in [0, 0.05) is 38.4 Å². The van der Waals surface area contributed by atoms with Gasteiger partial charge in [-0.2, -0.15) is 0 Å². The second-order valence-electron chi connectivity index (χ2n) is 5.85. The molecule has 0 aliphatic heterocycles. The van der Waals surface area contributed by atoms with Crippen LogP contribution in [0.3, 0.4) is 0 Å². The van der Waals surface area contributed by atoms with Crippen LogP contribution in [0.2, 0.25) is 0 Å². The number of nitrogens with zero attached hydrogens (tertiary/aromatic N) is 4. The van der Waals surface area contributed by atoms with Crippen LogP contribution in [-0.2, 0) is 6.42 Å². The lowest BCUT2D eigenvalue weighted by molar-refractivity contribution is -0.404. The van der Waals surface area contributed by atoms with Crippen LogP contribution in [-0.4, -0.2) is 35.4 Å². The third-order valence-electron chi connectivity index (χ3n) is 3.88. The maximum absolute atomic E-state index is 11.2. The predicted molar refractivity (Wildman–Crippen MR) is 99.4 cm³/mol. The van der Waals surface area contributed by atoms with Gasteiger partial charge >= 0.3 is 0 Å². The van der Waals surface area contributed by atoms with Crippen molar-refractivity contribution in [2.24, 2.45) is 0 Å². The second kappa shape index (κ2) is 8.08. The highest BCUT2D eigenvalue weighted by molar-refractivity contribution is 5.61. The van der Waals surface area contributed by atoms with E-state index in [0.717, 1.165) is 23.5 Å². The first-order valence-corrected chi connectivity index (χ1v) is 7.82. The van der Waals surface area contributed by atoms with Crippen LogP contribution in [0.5, 0.6) is 0 Å². The van der Waals surface area contributed by atoms with E-state index >= 15 is 0 Å². The summed E-state index contributed by atoms with van der Waals surface area (Å²) >= 11 is 0. The van der Waals surface area contributed by atoms with Crippen molar-refractivity contribution in [3.63, 3.8) is 0 Å². The molecule has 0 aromatic heterocycles. The van der Waals surface area contributed by atoms with Crippen LogP contribution in [0.1, 0.15) is 5.56 Å². The summed E-state index contributed by atoms with van der Waals surface area (Å²) in [4.78, 5) is 32.7. The quantitative estimate of drug-likeness (QED) is 0.547. The number of benzene rings is 2. The van der Waals surface area contributed by atoms with Crippen molar-refractivity contribution in [2.45, 2.75) is 6.42 Å². The molecule has 2 aromatic carbocycles. The van der Waals surface area contributed by atoms with Gasteiger partial charge in [-0.1, -0.05) is 0 Å². The molecule has 11 nitrogen and oxygen atoms in total. The summed E-state index contributed by atoms with van der Waals surface area (Å²) in [7, 11) is 3.80. The van der Waals surface area contributed by atoms with E-state index in [1.54, 1.807) is 0 Å². The van der Waals surface area contributed by atoms with E-state index in [2.05, 4.69) is 5.32 Å². The number of nitrogens with one attached hydrogen (secondary N) is 1. The van der Waals surface area contributed by atoms with Gasteiger partial charge in [0.15, 0.2) is 0 Å². The number of rotatable bonds is 8. The Kier molecular flexibility index (Phi) is 5.85. The number of nitro groups is 3. The molecule has 2 rings (SSSR count). The lowest BCUT2D eigenvalue weighted by Crippen LogP contribution is -2.10. The summed E-state index contributed by atoms with van der Waals surface area (Å²) in [6, 6.07) is 8.86. The van der Waals surface area contributed by atoms with E-state index in [4.69, 9.17) is 0 Å². The Balaban J connectivity index is 2.25. The van der Waals surface area contributed by atoms with Crippen molar-refractivity contribution < 1.29 is 14.8 Å². The Morgan fingerprint density at radius 2 is 1.41 bits per heavy atom. The summed E-state index contributed by atoms with van der Waals surface area (Å²) in [5.41, 5.74) is -0.395. The lowest BCUT2D eigenvalue weighted by atomic mass is 10.1. The van der Waals surface area contributed by atoms with Crippen molar-refractivity contribution in [3.05, 3.63) is 72.3 Å². The van der Waals surface area contributed by atoms with Gasteiger partial charge in [-0.3, -0.25) is 30.3 Å². The summed E-state index contributed by atoms with van der Waals surface area (Å²) < 4.78 is 0. The molecule has 0 spiro atoms. The Labute approximate surface area is 153 Å². The largest absolute Gasteiger partial charge is 0.385 e. The van der Waals surface area contributed by atoms with Crippen LogP contribution in [0.4, 0.5) is 28.4 Å². The molecule has 0 fully saturated rings. The van der Waals surface area contributed by atoms with Gasteiger partial charge in [-0.25, -0.2) is 0 Å². The minimum Gasteiger partial charge on any atom is -0.385 e. The molecule has 1 N–H and O–H groups in total. The fourth-order valence-corrected chi connectivity index (χ4v) is 2.52. The summed E-state index contributed by atoms with van der Waals surface area (Å²) in [6.45, 7) is 0.181. The summed E-state index contributed by atoms with van der Waals surface area (Å²) in [6.07, 6.45) is -0.0416. The minimum atomic E-state index is -0.895. The Hall–Kier alpha value is -3.76. The van der Waals surface area contributed by atoms with Gasteiger partial charge in [0.25, 0.3) is 17.1 Å². The van der Waals surface area contributed by atoms with Crippen molar-refractivity contribution in [3.8, 4) is 0 Å². The first-order chi connectivity index (χ1) is 12.7. The van der Waals surface area contributed by atoms with E-state index in [1.165, 1.54) is 0 Å². The van der Waals surface area contributed by atoms with E-state index < -0.39 is 31.8 Å². The Morgan fingerprint density at radius 3 is 1.81 bits per heavy atom. The third kappa shape index (κ3) is 4.66. The number of hydrogen-bond acceptors (Lipinski definition) is 8. The van der Waals surface area contributed by atoms with Gasteiger partial charge < -0.3 is 10.2 Å². The zero-order valence-electron chi connectivity index (χ0n) is 14.6.